The Morgan fingerprint density at radius 3 is 2.65 bits per heavy atom. The fourth-order valence-corrected chi connectivity index (χ4v) is 4.80. The van der Waals surface area contributed by atoms with Gasteiger partial charge in [-0.1, -0.05) is 48.0 Å². The van der Waals surface area contributed by atoms with Crippen LogP contribution in [0.4, 0.5) is 5.69 Å². The number of hydrogen-bond donors (Lipinski definition) is 1. The zero-order chi connectivity index (χ0) is 18.6. The Hall–Kier alpha value is -2.05. The molecular weight excluding hydrogens is 372 g/mol. The molecule has 0 radical (unpaired) electrons. The van der Waals surface area contributed by atoms with Gasteiger partial charge in [0.1, 0.15) is 0 Å². The van der Waals surface area contributed by atoms with E-state index in [1.807, 2.05) is 42.5 Å². The minimum Gasteiger partial charge on any atom is -0.352 e. The maximum atomic E-state index is 12.7. The lowest BCUT2D eigenvalue weighted by Crippen LogP contribution is -2.38. The number of para-hydroxylation sites is 1. The van der Waals surface area contributed by atoms with Crippen LogP contribution in [0.2, 0.25) is 5.02 Å². The topological polar surface area (TPSA) is 66.5 Å². The highest BCUT2D eigenvalue weighted by Gasteiger charge is 2.27. The number of aryl methyl sites for hydroxylation is 1. The second kappa shape index (κ2) is 8.10. The first-order valence-corrected chi connectivity index (χ1v) is 10.5. The summed E-state index contributed by atoms with van der Waals surface area (Å²) in [7, 11) is -3.54. The number of nitrogens with one attached hydrogen (secondary N) is 1. The second-order valence-corrected chi connectivity index (χ2v) is 8.66. The number of anilines is 1. The molecule has 0 aliphatic carbocycles. The van der Waals surface area contributed by atoms with Crippen molar-refractivity contribution in [3.8, 4) is 0 Å². The van der Waals surface area contributed by atoms with Crippen LogP contribution in [0.25, 0.3) is 0 Å². The van der Waals surface area contributed by atoms with Gasteiger partial charge in [0.2, 0.25) is 15.9 Å². The van der Waals surface area contributed by atoms with E-state index in [-0.39, 0.29) is 24.6 Å². The lowest BCUT2D eigenvalue weighted by molar-refractivity contribution is -0.120. The first-order chi connectivity index (χ1) is 12.5. The maximum absolute atomic E-state index is 12.7. The smallest absolute Gasteiger partial charge is 0.235 e. The molecular formula is C19H21ClN2O3S. The van der Waals surface area contributed by atoms with Crippen molar-refractivity contribution in [3.63, 3.8) is 0 Å². The Balaban J connectivity index is 1.59. The van der Waals surface area contributed by atoms with Crippen LogP contribution in [0.3, 0.4) is 0 Å². The predicted octanol–water partition coefficient (Wildman–Crippen LogP) is 3.13. The summed E-state index contributed by atoms with van der Waals surface area (Å²) in [6.07, 6.45) is 1.58. The second-order valence-electron chi connectivity index (χ2n) is 6.24. The summed E-state index contributed by atoms with van der Waals surface area (Å²) in [4.78, 5) is 12.1. The van der Waals surface area contributed by atoms with E-state index in [1.54, 1.807) is 6.07 Å². The summed E-state index contributed by atoms with van der Waals surface area (Å²) in [5.74, 6) is -0.519. The van der Waals surface area contributed by atoms with Crippen LogP contribution in [0.5, 0.6) is 0 Å². The molecule has 2 aromatic rings. The molecule has 0 atom stereocenters. The van der Waals surface area contributed by atoms with Crippen molar-refractivity contribution in [1.29, 1.82) is 0 Å². The summed E-state index contributed by atoms with van der Waals surface area (Å²) in [5.41, 5.74) is 2.57. The van der Waals surface area contributed by atoms with Crippen LogP contribution in [0, 0.1) is 0 Å². The van der Waals surface area contributed by atoms with Crippen LogP contribution >= 0.6 is 11.6 Å². The molecule has 1 aliphatic heterocycles. The van der Waals surface area contributed by atoms with E-state index < -0.39 is 10.0 Å². The minimum absolute atomic E-state index is 0.0779. The molecule has 5 nitrogen and oxygen atoms in total. The van der Waals surface area contributed by atoms with Crippen molar-refractivity contribution in [2.45, 2.75) is 25.8 Å². The molecule has 0 saturated carbocycles. The number of rotatable bonds is 6. The van der Waals surface area contributed by atoms with E-state index in [2.05, 4.69) is 5.32 Å². The maximum Gasteiger partial charge on any atom is 0.235 e. The average molecular weight is 393 g/mol. The average Bonchev–Trinajstić information content (AvgIpc) is 2.65. The molecule has 138 valence electrons. The third kappa shape index (κ3) is 4.37. The SMILES string of the molecule is O=C(CCS(=O)(=O)N1CCCc2ccccc21)NCc1ccccc1Cl. The fourth-order valence-electron chi connectivity index (χ4n) is 3.04. The third-order valence-electron chi connectivity index (χ3n) is 4.42. The lowest BCUT2D eigenvalue weighted by atomic mass is 10.0. The fraction of sp³-hybridized carbons (Fsp3) is 0.316. The standard InChI is InChI=1S/C19H21ClN2O3S/c20-17-9-3-1-7-16(17)14-21-19(23)11-13-26(24,25)22-12-5-8-15-6-2-4-10-18(15)22/h1-4,6-7,9-10H,5,8,11-14H2,(H,21,23). The van der Waals surface area contributed by atoms with Gasteiger partial charge in [-0.2, -0.15) is 0 Å². The largest absolute Gasteiger partial charge is 0.352 e. The molecule has 0 bridgehead atoms. The van der Waals surface area contributed by atoms with Crippen LogP contribution in [0.1, 0.15) is 24.0 Å². The summed E-state index contributed by atoms with van der Waals surface area (Å²) < 4.78 is 26.8. The van der Waals surface area contributed by atoms with E-state index in [9.17, 15) is 13.2 Å². The number of fused-ring (bicyclic) bond motifs is 1. The third-order valence-corrected chi connectivity index (χ3v) is 6.56. The van der Waals surface area contributed by atoms with Crippen LogP contribution < -0.4 is 9.62 Å². The van der Waals surface area contributed by atoms with Gasteiger partial charge in [-0.3, -0.25) is 9.10 Å². The van der Waals surface area contributed by atoms with Gasteiger partial charge in [0.05, 0.1) is 11.4 Å². The van der Waals surface area contributed by atoms with Crippen LogP contribution in [0.15, 0.2) is 48.5 Å². The van der Waals surface area contributed by atoms with Gasteiger partial charge in [-0.15, -0.1) is 0 Å². The Labute approximate surface area is 159 Å². The number of nitrogens with zero attached hydrogens (tertiary/aromatic N) is 1. The number of hydrogen-bond acceptors (Lipinski definition) is 3. The van der Waals surface area contributed by atoms with Crippen molar-refractivity contribution >= 4 is 33.2 Å². The number of halogens is 1. The molecule has 0 fully saturated rings. The zero-order valence-corrected chi connectivity index (χ0v) is 15.9. The summed E-state index contributed by atoms with van der Waals surface area (Å²) in [6, 6.07) is 14.8. The van der Waals surface area contributed by atoms with E-state index in [1.165, 1.54) is 4.31 Å². The summed E-state index contributed by atoms with van der Waals surface area (Å²) in [6.45, 7) is 0.742. The van der Waals surface area contributed by atoms with Gasteiger partial charge in [-0.05, 0) is 36.1 Å². The number of amides is 1. The highest BCUT2D eigenvalue weighted by molar-refractivity contribution is 7.92. The number of benzene rings is 2. The van der Waals surface area contributed by atoms with Crippen molar-refractivity contribution in [1.82, 2.24) is 5.32 Å². The van der Waals surface area contributed by atoms with Crippen molar-refractivity contribution in [2.24, 2.45) is 0 Å². The van der Waals surface area contributed by atoms with Gasteiger partial charge in [0.25, 0.3) is 0 Å². The zero-order valence-electron chi connectivity index (χ0n) is 14.3. The molecule has 0 unspecified atom stereocenters. The predicted molar refractivity (Wildman–Crippen MR) is 104 cm³/mol. The van der Waals surface area contributed by atoms with E-state index in [0.29, 0.717) is 11.6 Å². The Morgan fingerprint density at radius 1 is 1.12 bits per heavy atom. The Bertz CT molecular complexity index is 899. The summed E-state index contributed by atoms with van der Waals surface area (Å²) in [5, 5.41) is 3.30. The molecule has 2 aromatic carbocycles. The van der Waals surface area contributed by atoms with Gasteiger partial charge in [-0.25, -0.2) is 8.42 Å². The molecule has 26 heavy (non-hydrogen) atoms. The first-order valence-electron chi connectivity index (χ1n) is 8.56. The van der Waals surface area contributed by atoms with Gasteiger partial charge in [0, 0.05) is 24.5 Å². The molecule has 3 rings (SSSR count). The van der Waals surface area contributed by atoms with Crippen molar-refractivity contribution in [2.75, 3.05) is 16.6 Å². The Kier molecular flexibility index (Phi) is 5.84. The van der Waals surface area contributed by atoms with Crippen LogP contribution in [-0.4, -0.2) is 26.6 Å². The normalized spacial score (nSPS) is 14.0. The van der Waals surface area contributed by atoms with E-state index in [0.717, 1.165) is 29.7 Å². The molecule has 0 saturated heterocycles. The quantitative estimate of drug-likeness (QED) is 0.821. The van der Waals surface area contributed by atoms with Crippen molar-refractivity contribution in [3.05, 3.63) is 64.7 Å². The van der Waals surface area contributed by atoms with E-state index >= 15 is 0 Å². The first kappa shape index (κ1) is 18.7. The number of carbonyl (C=O) groups excluding carboxylic acids is 1. The highest BCUT2D eigenvalue weighted by atomic mass is 35.5. The molecule has 1 amide bonds. The Morgan fingerprint density at radius 2 is 1.85 bits per heavy atom. The molecule has 1 heterocycles. The number of carbonyl (C=O) groups is 1. The monoisotopic (exact) mass is 392 g/mol. The van der Waals surface area contributed by atoms with Crippen molar-refractivity contribution < 1.29 is 13.2 Å². The number of sulfonamides is 1. The summed E-state index contributed by atoms with van der Waals surface area (Å²) >= 11 is 6.05. The molecule has 0 spiro atoms. The molecule has 7 heteroatoms. The molecule has 0 aromatic heterocycles. The lowest BCUT2D eigenvalue weighted by Gasteiger charge is -2.30. The van der Waals surface area contributed by atoms with Gasteiger partial charge in [0.15, 0.2) is 0 Å². The van der Waals surface area contributed by atoms with E-state index in [4.69, 9.17) is 11.6 Å². The van der Waals surface area contributed by atoms with Crippen LogP contribution in [-0.2, 0) is 27.8 Å². The van der Waals surface area contributed by atoms with Gasteiger partial charge < -0.3 is 5.32 Å². The highest BCUT2D eigenvalue weighted by Crippen LogP contribution is 2.29. The van der Waals surface area contributed by atoms with Gasteiger partial charge >= 0.3 is 0 Å². The minimum atomic E-state index is -3.54. The molecule has 1 aliphatic rings. The molecule has 1 N–H and O–H groups in total.